The summed E-state index contributed by atoms with van der Waals surface area (Å²) in [5, 5.41) is 0.493. The van der Waals surface area contributed by atoms with Crippen LogP contribution < -0.4 is 5.43 Å². The number of ketones is 1. The third-order valence-corrected chi connectivity index (χ3v) is 4.08. The van der Waals surface area contributed by atoms with Gasteiger partial charge in [-0.3, -0.25) is 9.59 Å². The summed E-state index contributed by atoms with van der Waals surface area (Å²) < 4.78 is 1.91. The van der Waals surface area contributed by atoms with Gasteiger partial charge in [0.2, 0.25) is 5.43 Å². The predicted molar refractivity (Wildman–Crippen MR) is 95.6 cm³/mol. The third-order valence-electron chi connectivity index (χ3n) is 4.08. The van der Waals surface area contributed by atoms with Crippen LogP contribution >= 0.6 is 0 Å². The van der Waals surface area contributed by atoms with Crippen LogP contribution in [0.1, 0.15) is 40.5 Å². The van der Waals surface area contributed by atoms with Gasteiger partial charge in [-0.05, 0) is 32.4 Å². The summed E-state index contributed by atoms with van der Waals surface area (Å²) in [5.41, 5.74) is 3.04. The maximum Gasteiger partial charge on any atom is 0.202 e. The molecule has 2 aromatic heterocycles. The summed E-state index contributed by atoms with van der Waals surface area (Å²) in [7, 11) is 0. The van der Waals surface area contributed by atoms with Gasteiger partial charge in [-0.25, -0.2) is 4.98 Å². The van der Waals surface area contributed by atoms with Crippen LogP contribution in [0, 0.1) is 13.8 Å². The minimum absolute atomic E-state index is 0.199. The van der Waals surface area contributed by atoms with Gasteiger partial charge in [-0.2, -0.15) is 0 Å². The number of benzene rings is 1. The van der Waals surface area contributed by atoms with Crippen molar-refractivity contribution < 1.29 is 4.79 Å². The Kier molecular flexibility index (Phi) is 4.30. The molecule has 0 saturated carbocycles. The van der Waals surface area contributed by atoms with Crippen molar-refractivity contribution in [3.05, 3.63) is 75.2 Å². The van der Waals surface area contributed by atoms with E-state index in [1.807, 2.05) is 30.5 Å². The summed E-state index contributed by atoms with van der Waals surface area (Å²) in [4.78, 5) is 30.1. The monoisotopic (exact) mass is 320 g/mol. The van der Waals surface area contributed by atoms with E-state index in [-0.39, 0.29) is 16.8 Å². The largest absolute Gasteiger partial charge is 0.332 e. The summed E-state index contributed by atoms with van der Waals surface area (Å²) >= 11 is 0. The van der Waals surface area contributed by atoms with Gasteiger partial charge in [0, 0.05) is 24.0 Å². The van der Waals surface area contributed by atoms with Gasteiger partial charge in [0.15, 0.2) is 5.78 Å². The SMILES string of the molecule is CCCn1cc(C(=O)c2ccc(C)cc2)c(=O)c2ccc(C)nc21. The van der Waals surface area contributed by atoms with Crippen molar-refractivity contribution in [1.82, 2.24) is 9.55 Å². The molecule has 4 heteroatoms. The van der Waals surface area contributed by atoms with E-state index in [1.165, 1.54) is 0 Å². The van der Waals surface area contributed by atoms with Crippen LogP contribution in [0.2, 0.25) is 0 Å². The van der Waals surface area contributed by atoms with Crippen LogP contribution in [0.3, 0.4) is 0 Å². The van der Waals surface area contributed by atoms with Gasteiger partial charge in [0.25, 0.3) is 0 Å². The summed E-state index contributed by atoms with van der Waals surface area (Å²) in [5.74, 6) is -0.243. The van der Waals surface area contributed by atoms with Crippen molar-refractivity contribution in [2.45, 2.75) is 33.7 Å². The van der Waals surface area contributed by atoms with Gasteiger partial charge in [0.1, 0.15) is 5.65 Å². The Hall–Kier alpha value is -2.75. The van der Waals surface area contributed by atoms with Crippen LogP contribution in [-0.2, 0) is 6.54 Å². The predicted octanol–water partition coefficient (Wildman–Crippen LogP) is 3.65. The van der Waals surface area contributed by atoms with Crippen molar-refractivity contribution in [1.29, 1.82) is 0 Å². The zero-order chi connectivity index (χ0) is 17.3. The molecule has 2 heterocycles. The molecule has 0 amide bonds. The van der Waals surface area contributed by atoms with Crippen molar-refractivity contribution in [2.75, 3.05) is 0 Å². The molecule has 4 nitrogen and oxygen atoms in total. The van der Waals surface area contributed by atoms with Gasteiger partial charge in [-0.1, -0.05) is 36.8 Å². The number of hydrogen-bond donors (Lipinski definition) is 0. The number of pyridine rings is 2. The fraction of sp³-hybridized carbons (Fsp3) is 0.250. The first-order valence-electron chi connectivity index (χ1n) is 8.13. The summed E-state index contributed by atoms with van der Waals surface area (Å²) in [6.07, 6.45) is 2.55. The highest BCUT2D eigenvalue weighted by molar-refractivity contribution is 6.10. The van der Waals surface area contributed by atoms with Crippen molar-refractivity contribution >= 4 is 16.8 Å². The topological polar surface area (TPSA) is 52.0 Å². The van der Waals surface area contributed by atoms with Gasteiger partial charge < -0.3 is 4.57 Å². The zero-order valence-electron chi connectivity index (χ0n) is 14.2. The summed E-state index contributed by atoms with van der Waals surface area (Å²) in [6, 6.07) is 10.9. The quantitative estimate of drug-likeness (QED) is 0.689. The normalized spacial score (nSPS) is 11.0. The smallest absolute Gasteiger partial charge is 0.202 e. The second-order valence-corrected chi connectivity index (χ2v) is 6.08. The van der Waals surface area contributed by atoms with Gasteiger partial charge in [-0.15, -0.1) is 0 Å². The molecule has 0 N–H and O–H groups in total. The van der Waals surface area contributed by atoms with E-state index in [9.17, 15) is 9.59 Å². The van der Waals surface area contributed by atoms with Crippen molar-refractivity contribution in [3.8, 4) is 0 Å². The standard InChI is InChI=1S/C20H20N2O2/c1-4-11-22-12-17(18(23)15-8-5-13(2)6-9-15)19(24)16-10-7-14(3)21-20(16)22/h5-10,12H,4,11H2,1-3H3. The molecule has 0 aliphatic carbocycles. The molecule has 0 aliphatic rings. The Balaban J connectivity index is 2.22. The van der Waals surface area contributed by atoms with Crippen LogP contribution in [-0.4, -0.2) is 15.3 Å². The molecular formula is C20H20N2O2. The Morgan fingerprint density at radius 2 is 1.79 bits per heavy atom. The molecule has 24 heavy (non-hydrogen) atoms. The molecular weight excluding hydrogens is 300 g/mol. The molecule has 1 aromatic carbocycles. The highest BCUT2D eigenvalue weighted by atomic mass is 16.1. The lowest BCUT2D eigenvalue weighted by molar-refractivity contribution is 0.103. The Bertz CT molecular complexity index is 969. The average molecular weight is 320 g/mol. The molecule has 0 spiro atoms. The fourth-order valence-corrected chi connectivity index (χ4v) is 2.79. The second kappa shape index (κ2) is 6.40. The highest BCUT2D eigenvalue weighted by Crippen LogP contribution is 2.15. The Morgan fingerprint density at radius 1 is 1.08 bits per heavy atom. The van der Waals surface area contributed by atoms with Crippen molar-refractivity contribution in [3.63, 3.8) is 0 Å². The minimum atomic E-state index is -0.254. The number of aromatic nitrogens is 2. The zero-order valence-corrected chi connectivity index (χ0v) is 14.2. The Labute approximate surface area is 140 Å². The van der Waals surface area contributed by atoms with Gasteiger partial charge >= 0.3 is 0 Å². The molecule has 0 radical (unpaired) electrons. The van der Waals surface area contributed by atoms with E-state index < -0.39 is 0 Å². The van der Waals surface area contributed by atoms with Crippen LogP contribution in [0.4, 0.5) is 0 Å². The first-order valence-corrected chi connectivity index (χ1v) is 8.13. The van der Waals surface area contributed by atoms with E-state index in [0.29, 0.717) is 23.1 Å². The fourth-order valence-electron chi connectivity index (χ4n) is 2.79. The molecule has 0 aliphatic heterocycles. The van der Waals surface area contributed by atoms with E-state index in [4.69, 9.17) is 0 Å². The molecule has 0 saturated heterocycles. The van der Waals surface area contributed by atoms with Crippen LogP contribution in [0.15, 0.2) is 47.4 Å². The Morgan fingerprint density at radius 3 is 2.46 bits per heavy atom. The molecule has 3 aromatic rings. The molecule has 3 rings (SSSR count). The number of nitrogens with zero attached hydrogens (tertiary/aromatic N) is 2. The lowest BCUT2D eigenvalue weighted by atomic mass is 10.0. The molecule has 0 unspecified atom stereocenters. The van der Waals surface area contributed by atoms with E-state index in [2.05, 4.69) is 11.9 Å². The maximum absolute atomic E-state index is 12.8. The summed E-state index contributed by atoms with van der Waals surface area (Å²) in [6.45, 7) is 6.63. The second-order valence-electron chi connectivity index (χ2n) is 6.08. The first-order chi connectivity index (χ1) is 11.5. The number of aryl methyl sites for hydroxylation is 3. The lowest BCUT2D eigenvalue weighted by Crippen LogP contribution is -2.20. The van der Waals surface area contributed by atoms with E-state index in [1.54, 1.807) is 30.5 Å². The number of hydrogen-bond acceptors (Lipinski definition) is 3. The number of carbonyl (C=O) groups excluding carboxylic acids is 1. The maximum atomic E-state index is 12.8. The minimum Gasteiger partial charge on any atom is -0.332 e. The highest BCUT2D eigenvalue weighted by Gasteiger charge is 2.17. The lowest BCUT2D eigenvalue weighted by Gasteiger charge is -2.12. The number of fused-ring (bicyclic) bond motifs is 1. The van der Waals surface area contributed by atoms with Crippen molar-refractivity contribution in [2.24, 2.45) is 0 Å². The van der Waals surface area contributed by atoms with Crippen LogP contribution in [0.25, 0.3) is 11.0 Å². The van der Waals surface area contributed by atoms with E-state index >= 15 is 0 Å². The number of carbonyl (C=O) groups is 1. The average Bonchev–Trinajstić information content (AvgIpc) is 2.57. The molecule has 0 bridgehead atoms. The molecule has 0 atom stereocenters. The first kappa shape index (κ1) is 16.1. The van der Waals surface area contributed by atoms with Crippen LogP contribution in [0.5, 0.6) is 0 Å². The van der Waals surface area contributed by atoms with E-state index in [0.717, 1.165) is 17.7 Å². The molecule has 0 fully saturated rings. The van der Waals surface area contributed by atoms with Gasteiger partial charge in [0.05, 0.1) is 10.9 Å². The third kappa shape index (κ3) is 2.87. The molecule has 122 valence electrons. The number of rotatable bonds is 4.